The second kappa shape index (κ2) is 12.0. The number of hydrogen-bond donors (Lipinski definition) is 2. The van der Waals surface area contributed by atoms with Gasteiger partial charge in [0.15, 0.2) is 0 Å². The third kappa shape index (κ3) is 6.53. The van der Waals surface area contributed by atoms with Crippen LogP contribution in [0.1, 0.15) is 42.6 Å². The minimum absolute atomic E-state index is 0.00865. The number of nitrogens with zero attached hydrogens (tertiary/aromatic N) is 5. The molecule has 196 valence electrons. The van der Waals surface area contributed by atoms with Gasteiger partial charge in [-0.1, -0.05) is 35.7 Å². The third-order valence-corrected chi connectivity index (χ3v) is 6.84. The van der Waals surface area contributed by atoms with Crippen LogP contribution >= 0.6 is 11.6 Å². The maximum atomic E-state index is 12.2. The third-order valence-electron chi connectivity index (χ3n) is 6.50. The summed E-state index contributed by atoms with van der Waals surface area (Å²) >= 11 is 6.00. The largest absolute Gasteiger partial charge is 0.491 e. The van der Waals surface area contributed by atoms with Crippen LogP contribution in [0.2, 0.25) is 5.15 Å². The van der Waals surface area contributed by atoms with Crippen LogP contribution in [-0.2, 0) is 29.7 Å². The van der Waals surface area contributed by atoms with Crippen molar-refractivity contribution in [2.24, 2.45) is 18.9 Å². The van der Waals surface area contributed by atoms with E-state index in [2.05, 4.69) is 25.6 Å². The van der Waals surface area contributed by atoms with E-state index in [0.29, 0.717) is 47.1 Å². The second-order valence-corrected chi connectivity index (χ2v) is 9.33. The molecule has 11 nitrogen and oxygen atoms in total. The van der Waals surface area contributed by atoms with Crippen molar-refractivity contribution in [2.75, 3.05) is 6.61 Å². The maximum Gasteiger partial charge on any atom is 0.407 e. The normalized spacial score (nSPS) is 17.3. The number of carbonyl (C=O) groups is 2. The number of carboxylic acids is 1. The fourth-order valence-corrected chi connectivity index (χ4v) is 4.59. The molecule has 3 heterocycles. The lowest BCUT2D eigenvalue weighted by atomic mass is 9.80. The monoisotopic (exact) mass is 528 g/mol. The van der Waals surface area contributed by atoms with Crippen LogP contribution < -0.4 is 10.1 Å². The van der Waals surface area contributed by atoms with E-state index in [0.717, 1.165) is 19.3 Å². The highest BCUT2D eigenvalue weighted by Crippen LogP contribution is 2.32. The van der Waals surface area contributed by atoms with Crippen LogP contribution in [-0.4, -0.2) is 48.7 Å². The topological polar surface area (TPSA) is 141 Å². The van der Waals surface area contributed by atoms with E-state index < -0.39 is 12.1 Å². The zero-order chi connectivity index (χ0) is 26.4. The minimum atomic E-state index is -0.757. The number of halogens is 1. The molecule has 12 heteroatoms. The molecule has 1 aliphatic rings. The van der Waals surface area contributed by atoms with Gasteiger partial charge in [0.05, 0.1) is 36.2 Å². The van der Waals surface area contributed by atoms with Crippen molar-refractivity contribution < 1.29 is 24.2 Å². The average molecular weight is 529 g/mol. The van der Waals surface area contributed by atoms with E-state index in [1.165, 1.54) is 0 Å². The summed E-state index contributed by atoms with van der Waals surface area (Å²) in [6.45, 7) is 2.27. The van der Waals surface area contributed by atoms with Crippen LogP contribution in [0.15, 0.2) is 30.5 Å². The van der Waals surface area contributed by atoms with Gasteiger partial charge in [-0.2, -0.15) is 0 Å². The lowest BCUT2D eigenvalue weighted by molar-refractivity contribution is -0.145. The molecule has 0 aliphatic heterocycles. The van der Waals surface area contributed by atoms with Gasteiger partial charge in [0.2, 0.25) is 0 Å². The molecule has 0 spiro atoms. The van der Waals surface area contributed by atoms with Crippen LogP contribution in [0, 0.1) is 18.8 Å². The van der Waals surface area contributed by atoms with E-state index in [1.54, 1.807) is 42.2 Å². The van der Waals surface area contributed by atoms with Gasteiger partial charge < -0.3 is 19.9 Å². The number of amides is 1. The van der Waals surface area contributed by atoms with Crippen LogP contribution in [0.5, 0.6) is 5.75 Å². The zero-order valence-electron chi connectivity index (χ0n) is 20.7. The van der Waals surface area contributed by atoms with Gasteiger partial charge in [0, 0.05) is 24.7 Å². The number of rotatable bonds is 9. The predicted octanol–water partition coefficient (Wildman–Crippen LogP) is 3.93. The smallest absolute Gasteiger partial charge is 0.407 e. The van der Waals surface area contributed by atoms with Crippen LogP contribution in [0.4, 0.5) is 4.79 Å². The Morgan fingerprint density at radius 1 is 1.24 bits per heavy atom. The Morgan fingerprint density at radius 3 is 2.81 bits per heavy atom. The number of pyridine rings is 2. The first-order chi connectivity index (χ1) is 17.8. The van der Waals surface area contributed by atoms with Crippen molar-refractivity contribution >= 4 is 23.7 Å². The molecule has 0 unspecified atom stereocenters. The predicted molar refractivity (Wildman–Crippen MR) is 134 cm³/mol. The van der Waals surface area contributed by atoms with Crippen molar-refractivity contribution in [2.45, 2.75) is 45.8 Å². The molecule has 37 heavy (non-hydrogen) atoms. The summed E-state index contributed by atoms with van der Waals surface area (Å²) < 4.78 is 12.8. The first-order valence-corrected chi connectivity index (χ1v) is 12.4. The highest BCUT2D eigenvalue weighted by atomic mass is 35.5. The summed E-state index contributed by atoms with van der Waals surface area (Å²) in [4.78, 5) is 32.4. The Balaban J connectivity index is 1.37. The van der Waals surface area contributed by atoms with Gasteiger partial charge in [0.25, 0.3) is 0 Å². The molecule has 0 aromatic carbocycles. The zero-order valence-corrected chi connectivity index (χ0v) is 21.4. The van der Waals surface area contributed by atoms with Crippen LogP contribution in [0.25, 0.3) is 11.4 Å². The van der Waals surface area contributed by atoms with Crippen molar-refractivity contribution in [3.63, 3.8) is 0 Å². The van der Waals surface area contributed by atoms with E-state index in [4.69, 9.17) is 21.1 Å². The van der Waals surface area contributed by atoms with Gasteiger partial charge in [-0.15, -0.1) is 5.10 Å². The summed E-state index contributed by atoms with van der Waals surface area (Å²) in [5, 5.41) is 20.8. The fraction of sp³-hybridized carbons (Fsp3) is 0.440. The molecule has 2 N–H and O–H groups in total. The molecule has 4 rings (SSSR count). The average Bonchev–Trinajstić information content (AvgIpc) is 3.26. The molecule has 0 saturated heterocycles. The molecule has 0 bridgehead atoms. The summed E-state index contributed by atoms with van der Waals surface area (Å²) in [5.74, 6) is -0.549. The van der Waals surface area contributed by atoms with Crippen molar-refractivity contribution in [3.05, 3.63) is 52.6 Å². The summed E-state index contributed by atoms with van der Waals surface area (Å²) in [6, 6.07) is 7.01. The van der Waals surface area contributed by atoms with Crippen LogP contribution in [0.3, 0.4) is 0 Å². The minimum Gasteiger partial charge on any atom is -0.491 e. The summed E-state index contributed by atoms with van der Waals surface area (Å²) in [5.41, 5.74) is 2.99. The highest BCUT2D eigenvalue weighted by molar-refractivity contribution is 6.30. The number of ether oxygens (including phenoxy) is 2. The van der Waals surface area contributed by atoms with Gasteiger partial charge in [-0.3, -0.25) is 4.79 Å². The Bertz CT molecular complexity index is 1270. The second-order valence-electron chi connectivity index (χ2n) is 8.97. The molecule has 1 saturated carbocycles. The molecule has 1 fully saturated rings. The van der Waals surface area contributed by atoms with Crippen molar-refractivity contribution in [1.82, 2.24) is 30.3 Å². The summed E-state index contributed by atoms with van der Waals surface area (Å²) in [6.07, 6.45) is 4.42. The van der Waals surface area contributed by atoms with Gasteiger partial charge in [-0.05, 0) is 38.0 Å². The van der Waals surface area contributed by atoms with Gasteiger partial charge >= 0.3 is 12.1 Å². The van der Waals surface area contributed by atoms with E-state index >= 15 is 0 Å². The number of nitrogens with one attached hydrogen (secondary N) is 1. The first kappa shape index (κ1) is 26.3. The molecule has 3 aromatic heterocycles. The fourth-order valence-electron chi connectivity index (χ4n) is 4.41. The number of alkyl carbamates (subject to hydrolysis) is 1. The van der Waals surface area contributed by atoms with Gasteiger partial charge in [-0.25, -0.2) is 19.4 Å². The quantitative estimate of drug-likeness (QED) is 0.395. The van der Waals surface area contributed by atoms with Crippen molar-refractivity contribution in [3.8, 4) is 17.1 Å². The number of carbonyl (C=O) groups excluding carboxylic acids is 1. The van der Waals surface area contributed by atoms with Crippen molar-refractivity contribution in [1.29, 1.82) is 0 Å². The molecule has 1 amide bonds. The highest BCUT2D eigenvalue weighted by Gasteiger charge is 2.31. The number of carboxylic acid groups (broad SMARTS) is 1. The molecule has 1 aliphatic carbocycles. The Hall–Kier alpha value is -3.73. The Kier molecular flexibility index (Phi) is 8.54. The number of aromatic nitrogens is 5. The lowest BCUT2D eigenvalue weighted by Crippen LogP contribution is -2.31. The first-order valence-electron chi connectivity index (χ1n) is 12.1. The van der Waals surface area contributed by atoms with E-state index in [9.17, 15) is 14.7 Å². The molecular formula is C25H29ClN6O5. The SMILES string of the molecule is Cc1nc(-c2nnn(C)c2CNC(=O)OCc2cccnc2Cl)ccc1OC[C@H]1CCCC[C@@H]1C(=O)O. The molecule has 2 atom stereocenters. The molecule has 3 aromatic rings. The molecule has 0 radical (unpaired) electrons. The van der Waals surface area contributed by atoms with Gasteiger partial charge in [0.1, 0.15) is 23.2 Å². The summed E-state index contributed by atoms with van der Waals surface area (Å²) in [7, 11) is 1.72. The Labute approximate surface area is 219 Å². The maximum absolute atomic E-state index is 12.2. The van der Waals surface area contributed by atoms with E-state index in [-0.39, 0.29) is 30.1 Å². The molecular weight excluding hydrogens is 500 g/mol. The lowest BCUT2D eigenvalue weighted by Gasteiger charge is -2.28. The van der Waals surface area contributed by atoms with E-state index in [1.807, 2.05) is 6.92 Å². The number of aliphatic carboxylic acids is 1. The standard InChI is InChI=1S/C25H29ClN6O5/c1-15-21(36-13-16-6-3-4-8-18(16)24(33)34)10-9-19(29-15)22-20(32(2)31-30-22)12-28-25(35)37-14-17-7-5-11-27-23(17)26/h5,7,9-11,16,18H,3-4,6,8,12-14H2,1-2H3,(H,28,35)(H,33,34)/t16-,18+/m1/s1. The number of aryl methyl sites for hydroxylation is 2. The number of hydrogen-bond acceptors (Lipinski definition) is 8. The Morgan fingerprint density at radius 2 is 2.05 bits per heavy atom.